The molecule has 0 bridgehead atoms. The molecule has 0 aliphatic heterocycles. The van der Waals surface area contributed by atoms with Gasteiger partial charge in [0.15, 0.2) is 18.9 Å². The molecule has 1 heterocycles. The monoisotopic (exact) mass is 357 g/mol. The molecule has 0 saturated heterocycles. The van der Waals surface area contributed by atoms with Crippen molar-refractivity contribution >= 4 is 10.4 Å². The van der Waals surface area contributed by atoms with Crippen molar-refractivity contribution in [3.05, 3.63) is 30.1 Å². The van der Waals surface area contributed by atoms with Crippen LogP contribution in [0.3, 0.4) is 0 Å². The lowest BCUT2D eigenvalue weighted by molar-refractivity contribution is -0.703. The first-order valence-electron chi connectivity index (χ1n) is 9.00. The SMILES string of the molecule is CCCCCCCCCCC(C[n+]1cccc(C)c1)OS(=O)(=O)[O-]. The predicted octanol–water partition coefficient (Wildman–Crippen LogP) is 3.66. The molecule has 1 aromatic rings. The van der Waals surface area contributed by atoms with E-state index in [1.807, 2.05) is 36.0 Å². The standard InChI is InChI=1S/C18H31NO4S/c1-3-4-5-6-7-8-9-10-13-18(23-24(20,21)22)16-19-14-11-12-17(2)15-19/h11-12,14-15,18H,3-10,13,16H2,1-2H3. The summed E-state index contributed by atoms with van der Waals surface area (Å²) >= 11 is 0. The molecule has 0 spiro atoms. The van der Waals surface area contributed by atoms with Crippen LogP contribution in [0.15, 0.2) is 24.5 Å². The summed E-state index contributed by atoms with van der Waals surface area (Å²) in [5.74, 6) is 0. The number of rotatable bonds is 13. The molecule has 1 atom stereocenters. The Hall–Kier alpha value is -0.980. The highest BCUT2D eigenvalue weighted by Gasteiger charge is 2.18. The van der Waals surface area contributed by atoms with E-state index in [0.717, 1.165) is 24.8 Å². The molecule has 0 aromatic carbocycles. The highest BCUT2D eigenvalue weighted by Crippen LogP contribution is 2.13. The topological polar surface area (TPSA) is 70.3 Å². The summed E-state index contributed by atoms with van der Waals surface area (Å²) < 4.78 is 39.5. The van der Waals surface area contributed by atoms with E-state index >= 15 is 0 Å². The highest BCUT2D eigenvalue weighted by molar-refractivity contribution is 7.80. The maximum Gasteiger partial charge on any atom is 0.218 e. The molecule has 0 saturated carbocycles. The van der Waals surface area contributed by atoms with Crippen LogP contribution in [0, 0.1) is 6.92 Å². The Morgan fingerprint density at radius 3 is 2.33 bits per heavy atom. The maximum atomic E-state index is 10.9. The Kier molecular flexibility index (Phi) is 10.1. The van der Waals surface area contributed by atoms with Gasteiger partial charge in [0.05, 0.1) is 0 Å². The minimum absolute atomic E-state index is 0.375. The summed E-state index contributed by atoms with van der Waals surface area (Å²) in [6.07, 6.45) is 13.2. The fourth-order valence-corrected chi connectivity index (χ4v) is 3.33. The van der Waals surface area contributed by atoms with Crippen molar-refractivity contribution in [1.82, 2.24) is 0 Å². The number of unbranched alkanes of at least 4 members (excludes halogenated alkanes) is 7. The zero-order valence-electron chi connectivity index (χ0n) is 14.9. The third kappa shape index (κ3) is 10.7. The van der Waals surface area contributed by atoms with Gasteiger partial charge in [-0.15, -0.1) is 0 Å². The average molecular weight is 358 g/mol. The molecule has 1 aromatic heterocycles. The molecule has 0 N–H and O–H groups in total. The Bertz CT molecular complexity index is 560. The molecule has 138 valence electrons. The quantitative estimate of drug-likeness (QED) is 0.234. The second-order valence-corrected chi connectivity index (χ2v) is 7.48. The van der Waals surface area contributed by atoms with E-state index in [0.29, 0.717) is 13.0 Å². The minimum Gasteiger partial charge on any atom is -0.726 e. The summed E-state index contributed by atoms with van der Waals surface area (Å²) in [6, 6.07) is 3.86. The Balaban J connectivity index is 2.37. The largest absolute Gasteiger partial charge is 0.726 e. The van der Waals surface area contributed by atoms with Crippen LogP contribution in [-0.4, -0.2) is 19.1 Å². The molecule has 1 rings (SSSR count). The summed E-state index contributed by atoms with van der Waals surface area (Å²) in [5, 5.41) is 0. The molecule has 0 aliphatic carbocycles. The van der Waals surface area contributed by atoms with Gasteiger partial charge in [0, 0.05) is 11.6 Å². The van der Waals surface area contributed by atoms with E-state index in [2.05, 4.69) is 6.92 Å². The van der Waals surface area contributed by atoms with E-state index in [1.165, 1.54) is 32.1 Å². The molecule has 24 heavy (non-hydrogen) atoms. The lowest BCUT2D eigenvalue weighted by Crippen LogP contribution is -2.41. The highest BCUT2D eigenvalue weighted by atomic mass is 32.3. The van der Waals surface area contributed by atoms with Crippen LogP contribution in [0.5, 0.6) is 0 Å². The molecule has 0 amide bonds. The van der Waals surface area contributed by atoms with Crippen molar-refractivity contribution in [2.75, 3.05) is 0 Å². The lowest BCUT2D eigenvalue weighted by Gasteiger charge is -2.17. The van der Waals surface area contributed by atoms with E-state index in [1.54, 1.807) is 0 Å². The van der Waals surface area contributed by atoms with Gasteiger partial charge in [-0.25, -0.2) is 13.0 Å². The van der Waals surface area contributed by atoms with Gasteiger partial charge in [0.25, 0.3) is 0 Å². The second-order valence-electron chi connectivity index (χ2n) is 6.47. The Labute approximate surface area is 147 Å². The minimum atomic E-state index is -4.67. The first kappa shape index (κ1) is 21.1. The predicted molar refractivity (Wildman–Crippen MR) is 93.2 cm³/mol. The fourth-order valence-electron chi connectivity index (χ4n) is 2.84. The maximum absolute atomic E-state index is 10.9. The molecule has 0 radical (unpaired) electrons. The number of hydrogen-bond donors (Lipinski definition) is 0. The first-order chi connectivity index (χ1) is 11.4. The van der Waals surface area contributed by atoms with Crippen molar-refractivity contribution in [1.29, 1.82) is 0 Å². The third-order valence-corrected chi connectivity index (χ3v) is 4.56. The third-order valence-electron chi connectivity index (χ3n) is 4.05. The van der Waals surface area contributed by atoms with E-state index in [4.69, 9.17) is 4.18 Å². The molecule has 1 unspecified atom stereocenters. The summed E-state index contributed by atoms with van der Waals surface area (Å²) in [6.45, 7) is 4.55. The molecule has 0 fully saturated rings. The van der Waals surface area contributed by atoms with Crippen LogP contribution in [0.4, 0.5) is 0 Å². The van der Waals surface area contributed by atoms with Gasteiger partial charge >= 0.3 is 0 Å². The zero-order valence-corrected chi connectivity index (χ0v) is 15.8. The Morgan fingerprint density at radius 1 is 1.12 bits per heavy atom. The number of nitrogens with zero attached hydrogens (tertiary/aromatic N) is 1. The van der Waals surface area contributed by atoms with Gasteiger partial charge in [-0.1, -0.05) is 58.3 Å². The number of hydrogen-bond acceptors (Lipinski definition) is 4. The van der Waals surface area contributed by atoms with Crippen molar-refractivity contribution in [2.24, 2.45) is 0 Å². The van der Waals surface area contributed by atoms with Crippen LogP contribution >= 0.6 is 0 Å². The van der Waals surface area contributed by atoms with E-state index in [9.17, 15) is 13.0 Å². The van der Waals surface area contributed by atoms with Crippen molar-refractivity contribution in [3.63, 3.8) is 0 Å². The smallest absolute Gasteiger partial charge is 0.218 e. The van der Waals surface area contributed by atoms with Crippen molar-refractivity contribution in [3.8, 4) is 0 Å². The van der Waals surface area contributed by atoms with Gasteiger partial charge in [0.2, 0.25) is 10.4 Å². The van der Waals surface area contributed by atoms with Gasteiger partial charge in [-0.05, 0) is 19.4 Å². The number of pyridine rings is 1. The van der Waals surface area contributed by atoms with Crippen LogP contribution in [0.2, 0.25) is 0 Å². The Morgan fingerprint density at radius 2 is 1.75 bits per heavy atom. The second kappa shape index (κ2) is 11.6. The van der Waals surface area contributed by atoms with Crippen molar-refractivity contribution < 1.29 is 21.7 Å². The van der Waals surface area contributed by atoms with Crippen LogP contribution in [0.25, 0.3) is 0 Å². The first-order valence-corrected chi connectivity index (χ1v) is 10.3. The average Bonchev–Trinajstić information content (AvgIpc) is 2.48. The normalized spacial score (nSPS) is 13.1. The van der Waals surface area contributed by atoms with Gasteiger partial charge < -0.3 is 4.55 Å². The van der Waals surface area contributed by atoms with Crippen molar-refractivity contribution in [2.45, 2.75) is 84.3 Å². The summed E-state index contributed by atoms with van der Waals surface area (Å²) in [4.78, 5) is 0. The molecule has 5 nitrogen and oxygen atoms in total. The van der Waals surface area contributed by atoms with E-state index in [-0.39, 0.29) is 0 Å². The molecular weight excluding hydrogens is 326 g/mol. The number of aromatic nitrogens is 1. The van der Waals surface area contributed by atoms with Crippen LogP contribution in [0.1, 0.15) is 70.3 Å². The fraction of sp³-hybridized carbons (Fsp3) is 0.722. The van der Waals surface area contributed by atoms with Gasteiger partial charge in [0.1, 0.15) is 6.10 Å². The van der Waals surface area contributed by atoms with Gasteiger partial charge in [-0.2, -0.15) is 0 Å². The summed E-state index contributed by atoms with van der Waals surface area (Å²) in [7, 11) is -4.67. The lowest BCUT2D eigenvalue weighted by atomic mass is 10.1. The summed E-state index contributed by atoms with van der Waals surface area (Å²) in [5.41, 5.74) is 1.08. The molecular formula is C18H31NO4S. The molecule has 6 heteroatoms. The van der Waals surface area contributed by atoms with Crippen LogP contribution in [-0.2, 0) is 21.1 Å². The van der Waals surface area contributed by atoms with Crippen LogP contribution < -0.4 is 4.57 Å². The van der Waals surface area contributed by atoms with Gasteiger partial charge in [-0.3, -0.25) is 4.18 Å². The molecule has 0 aliphatic rings. The number of aryl methyl sites for hydroxylation is 1. The van der Waals surface area contributed by atoms with E-state index < -0.39 is 16.5 Å². The zero-order chi connectivity index (χ0) is 17.8.